The number of fused-ring (bicyclic) bond motifs is 3. The minimum absolute atomic E-state index is 0.151. The summed E-state index contributed by atoms with van der Waals surface area (Å²) in [6.07, 6.45) is 12.6. The van der Waals surface area contributed by atoms with Crippen LogP contribution in [0, 0.1) is 5.92 Å². The Morgan fingerprint density at radius 3 is 3.05 bits per heavy atom. The van der Waals surface area contributed by atoms with Gasteiger partial charge in [-0.3, -0.25) is 4.99 Å². The van der Waals surface area contributed by atoms with Gasteiger partial charge >= 0.3 is 0 Å². The summed E-state index contributed by atoms with van der Waals surface area (Å²) in [4.78, 5) is 6.62. The van der Waals surface area contributed by atoms with E-state index in [1.807, 2.05) is 18.5 Å². The average Bonchev–Trinajstić information content (AvgIpc) is 2.93. The summed E-state index contributed by atoms with van der Waals surface area (Å²) in [6, 6.07) is 10.7. The van der Waals surface area contributed by atoms with Crippen molar-refractivity contribution in [2.75, 3.05) is 6.54 Å². The summed E-state index contributed by atoms with van der Waals surface area (Å²) >= 11 is 0. The number of ether oxygens (including phenoxy) is 1. The highest BCUT2D eigenvalue weighted by atomic mass is 16.5. The Labute approximate surface area is 124 Å². The molecule has 3 aliphatic rings. The number of aliphatic imine (C=N–C) groups is 1. The Bertz CT molecular complexity index is 630. The first-order chi connectivity index (χ1) is 10.4. The fourth-order valence-electron chi connectivity index (χ4n) is 3.30. The number of hydrogen-bond acceptors (Lipinski definition) is 3. The predicted octanol–water partition coefficient (Wildman–Crippen LogP) is 2.92. The fourth-order valence-corrected chi connectivity index (χ4v) is 3.30. The van der Waals surface area contributed by atoms with E-state index in [-0.39, 0.29) is 6.10 Å². The maximum atomic E-state index is 6.17. The van der Waals surface area contributed by atoms with Crippen molar-refractivity contribution in [3.63, 3.8) is 0 Å². The maximum Gasteiger partial charge on any atom is 0.0860 e. The molecule has 0 saturated carbocycles. The number of benzene rings is 1. The molecule has 3 nitrogen and oxygen atoms in total. The minimum Gasteiger partial charge on any atom is -0.369 e. The molecular formula is C18H18N2O. The van der Waals surface area contributed by atoms with Crippen LogP contribution in [0.25, 0.3) is 0 Å². The SMILES string of the molecule is C1=CC(OCc2ccccc2)C2CN3C=CN=CC3C2=C1. The lowest BCUT2D eigenvalue weighted by atomic mass is 9.89. The molecule has 3 unspecified atom stereocenters. The van der Waals surface area contributed by atoms with Crippen LogP contribution in [0.15, 0.2) is 71.5 Å². The summed E-state index contributed by atoms with van der Waals surface area (Å²) in [7, 11) is 0. The van der Waals surface area contributed by atoms with E-state index in [4.69, 9.17) is 4.74 Å². The molecular weight excluding hydrogens is 260 g/mol. The van der Waals surface area contributed by atoms with Crippen molar-refractivity contribution >= 4 is 6.21 Å². The lowest BCUT2D eigenvalue weighted by Gasteiger charge is -2.24. The summed E-state index contributed by atoms with van der Waals surface area (Å²) < 4.78 is 6.17. The molecule has 1 saturated heterocycles. The van der Waals surface area contributed by atoms with Crippen LogP contribution < -0.4 is 0 Å². The predicted molar refractivity (Wildman–Crippen MR) is 83.9 cm³/mol. The van der Waals surface area contributed by atoms with E-state index in [9.17, 15) is 0 Å². The monoisotopic (exact) mass is 278 g/mol. The largest absolute Gasteiger partial charge is 0.369 e. The maximum absolute atomic E-state index is 6.17. The van der Waals surface area contributed by atoms with Gasteiger partial charge in [0.25, 0.3) is 0 Å². The van der Waals surface area contributed by atoms with E-state index in [0.29, 0.717) is 18.6 Å². The number of allylic oxidation sites excluding steroid dienone is 2. The van der Waals surface area contributed by atoms with E-state index in [0.717, 1.165) is 6.54 Å². The normalized spacial score (nSPS) is 29.2. The lowest BCUT2D eigenvalue weighted by Crippen LogP contribution is -2.27. The van der Waals surface area contributed by atoms with Gasteiger partial charge in [0.2, 0.25) is 0 Å². The lowest BCUT2D eigenvalue weighted by molar-refractivity contribution is 0.0435. The summed E-state index contributed by atoms with van der Waals surface area (Å²) in [5.41, 5.74) is 2.64. The van der Waals surface area contributed by atoms with Crippen LogP contribution in [-0.4, -0.2) is 29.8 Å². The average molecular weight is 278 g/mol. The number of hydrogen-bond donors (Lipinski definition) is 0. The topological polar surface area (TPSA) is 24.8 Å². The van der Waals surface area contributed by atoms with Gasteiger partial charge in [0, 0.05) is 31.1 Å². The molecule has 0 radical (unpaired) electrons. The van der Waals surface area contributed by atoms with Crippen molar-refractivity contribution in [3.8, 4) is 0 Å². The third-order valence-electron chi connectivity index (χ3n) is 4.38. The Morgan fingerprint density at radius 2 is 2.14 bits per heavy atom. The van der Waals surface area contributed by atoms with Crippen LogP contribution in [0.5, 0.6) is 0 Å². The molecule has 4 rings (SSSR count). The second-order valence-corrected chi connectivity index (χ2v) is 5.66. The third kappa shape index (κ3) is 2.34. The van der Waals surface area contributed by atoms with Crippen molar-refractivity contribution in [1.82, 2.24) is 4.90 Å². The zero-order valence-electron chi connectivity index (χ0n) is 11.8. The molecule has 1 aromatic rings. The second-order valence-electron chi connectivity index (χ2n) is 5.66. The molecule has 1 fully saturated rings. The van der Waals surface area contributed by atoms with Crippen LogP contribution in [0.4, 0.5) is 0 Å². The van der Waals surface area contributed by atoms with Crippen molar-refractivity contribution in [1.29, 1.82) is 0 Å². The van der Waals surface area contributed by atoms with Crippen LogP contribution in [0.2, 0.25) is 0 Å². The molecule has 0 aromatic heterocycles. The first kappa shape index (κ1) is 12.6. The number of rotatable bonds is 3. The first-order valence-electron chi connectivity index (χ1n) is 7.41. The zero-order valence-corrected chi connectivity index (χ0v) is 11.8. The van der Waals surface area contributed by atoms with Gasteiger partial charge in [-0.05, 0) is 11.1 Å². The van der Waals surface area contributed by atoms with Crippen molar-refractivity contribution in [3.05, 3.63) is 72.1 Å². The first-order valence-corrected chi connectivity index (χ1v) is 7.41. The molecule has 3 heteroatoms. The zero-order chi connectivity index (χ0) is 14.1. The molecule has 106 valence electrons. The quantitative estimate of drug-likeness (QED) is 0.849. The Morgan fingerprint density at radius 1 is 1.24 bits per heavy atom. The van der Waals surface area contributed by atoms with Gasteiger partial charge in [0.05, 0.1) is 18.8 Å². The van der Waals surface area contributed by atoms with E-state index in [1.54, 1.807) is 0 Å². The van der Waals surface area contributed by atoms with E-state index in [2.05, 4.69) is 58.6 Å². The highest BCUT2D eigenvalue weighted by molar-refractivity contribution is 5.73. The second kappa shape index (κ2) is 5.34. The molecule has 0 spiro atoms. The standard InChI is InChI=1S/C18H18N2O/c1-2-5-14(6-3-1)13-21-18-8-4-7-15-16(18)12-20-10-9-19-11-17(15)20/h1-11,16-18H,12-13H2. The Balaban J connectivity index is 1.48. The molecule has 1 aromatic carbocycles. The highest BCUT2D eigenvalue weighted by Crippen LogP contribution is 2.36. The molecule has 3 atom stereocenters. The molecule has 2 aliphatic heterocycles. The van der Waals surface area contributed by atoms with E-state index >= 15 is 0 Å². The van der Waals surface area contributed by atoms with Gasteiger partial charge in [-0.2, -0.15) is 0 Å². The molecule has 2 heterocycles. The van der Waals surface area contributed by atoms with Gasteiger partial charge in [-0.15, -0.1) is 0 Å². The van der Waals surface area contributed by atoms with Crippen molar-refractivity contribution in [2.24, 2.45) is 10.9 Å². The van der Waals surface area contributed by atoms with Crippen molar-refractivity contribution in [2.45, 2.75) is 18.8 Å². The molecule has 0 bridgehead atoms. The van der Waals surface area contributed by atoms with Gasteiger partial charge in [0.15, 0.2) is 0 Å². The van der Waals surface area contributed by atoms with Gasteiger partial charge in [0.1, 0.15) is 0 Å². The van der Waals surface area contributed by atoms with Crippen LogP contribution in [0.3, 0.4) is 0 Å². The molecule has 1 aliphatic carbocycles. The summed E-state index contributed by atoms with van der Waals surface area (Å²) in [5, 5.41) is 0. The smallest absolute Gasteiger partial charge is 0.0860 e. The fraction of sp³-hybridized carbons (Fsp3) is 0.278. The van der Waals surface area contributed by atoms with E-state index < -0.39 is 0 Å². The van der Waals surface area contributed by atoms with Crippen molar-refractivity contribution < 1.29 is 4.74 Å². The van der Waals surface area contributed by atoms with Crippen LogP contribution >= 0.6 is 0 Å². The molecule has 0 N–H and O–H groups in total. The van der Waals surface area contributed by atoms with Gasteiger partial charge < -0.3 is 9.64 Å². The van der Waals surface area contributed by atoms with Crippen LogP contribution in [0.1, 0.15) is 5.56 Å². The Kier molecular flexibility index (Phi) is 3.20. The van der Waals surface area contributed by atoms with Gasteiger partial charge in [-0.25, -0.2) is 0 Å². The summed E-state index contributed by atoms with van der Waals surface area (Å²) in [6.45, 7) is 1.66. The number of nitrogens with zero attached hydrogens (tertiary/aromatic N) is 2. The molecule has 21 heavy (non-hydrogen) atoms. The van der Waals surface area contributed by atoms with Crippen LogP contribution in [-0.2, 0) is 11.3 Å². The summed E-state index contributed by atoms with van der Waals surface area (Å²) in [5.74, 6) is 0.429. The Hall–Kier alpha value is -2.13. The minimum atomic E-state index is 0.151. The molecule has 0 amide bonds. The highest BCUT2D eigenvalue weighted by Gasteiger charge is 2.40. The van der Waals surface area contributed by atoms with Gasteiger partial charge in [-0.1, -0.05) is 48.6 Å². The van der Waals surface area contributed by atoms with E-state index in [1.165, 1.54) is 11.1 Å². The third-order valence-corrected chi connectivity index (χ3v) is 4.38.